The molecule has 2 aromatic rings. The Kier molecular flexibility index (Phi) is 3.93. The van der Waals surface area contributed by atoms with E-state index in [1.807, 2.05) is 30.7 Å². The quantitative estimate of drug-likeness (QED) is 0.851. The lowest BCUT2D eigenvalue weighted by molar-refractivity contribution is 0.581. The second-order valence-corrected chi connectivity index (χ2v) is 6.96. The van der Waals surface area contributed by atoms with E-state index in [-0.39, 0.29) is 4.90 Å². The zero-order valence-corrected chi connectivity index (χ0v) is 12.4. The lowest BCUT2D eigenvalue weighted by Crippen LogP contribution is -2.23. The molecule has 0 atom stereocenters. The van der Waals surface area contributed by atoms with Crippen molar-refractivity contribution in [3.63, 3.8) is 0 Å². The summed E-state index contributed by atoms with van der Waals surface area (Å²) in [6, 6.07) is 5.03. The number of hydrogen-bond donors (Lipinski definition) is 2. The van der Waals surface area contributed by atoms with Crippen molar-refractivity contribution in [3.8, 4) is 0 Å². The van der Waals surface area contributed by atoms with Gasteiger partial charge < -0.3 is 5.73 Å². The van der Waals surface area contributed by atoms with Gasteiger partial charge in [-0.15, -0.1) is 0 Å². The van der Waals surface area contributed by atoms with Gasteiger partial charge >= 0.3 is 0 Å². The largest absolute Gasteiger partial charge is 0.398 e. The van der Waals surface area contributed by atoms with Crippen molar-refractivity contribution in [2.45, 2.75) is 25.3 Å². The zero-order valence-electron chi connectivity index (χ0n) is 10.8. The number of nitrogens with two attached hydrogens (primary N) is 1. The van der Waals surface area contributed by atoms with E-state index in [0.29, 0.717) is 12.2 Å². The molecule has 0 radical (unpaired) electrons. The fourth-order valence-corrected chi connectivity index (χ4v) is 3.47. The monoisotopic (exact) mass is 296 g/mol. The molecule has 1 aromatic carbocycles. The van der Waals surface area contributed by atoms with Crippen LogP contribution < -0.4 is 10.5 Å². The summed E-state index contributed by atoms with van der Waals surface area (Å²) >= 11 is 1.54. The molecule has 2 rings (SSSR count). The van der Waals surface area contributed by atoms with Gasteiger partial charge in [-0.25, -0.2) is 13.1 Å². The summed E-state index contributed by atoms with van der Waals surface area (Å²) < 4.78 is 26.9. The smallest absolute Gasteiger partial charge is 0.240 e. The Bertz CT molecular complexity index is 654. The average Bonchev–Trinajstić information content (AvgIpc) is 2.86. The minimum Gasteiger partial charge on any atom is -0.398 e. The Morgan fingerprint density at radius 3 is 2.63 bits per heavy atom. The second-order valence-electron chi connectivity index (χ2n) is 4.41. The SMILES string of the molecule is Cc1cc(S(=O)(=O)NCc2ccsc2)cc(N)c1C. The standard InChI is InChI=1S/C13H16N2O2S2/c1-9-5-12(6-13(14)10(9)2)19(16,17)15-7-11-3-4-18-8-11/h3-6,8,15H,7,14H2,1-2H3. The van der Waals surface area contributed by atoms with Gasteiger partial charge in [0.05, 0.1) is 4.90 Å². The van der Waals surface area contributed by atoms with Gasteiger partial charge in [0.25, 0.3) is 0 Å². The normalized spacial score (nSPS) is 11.7. The highest BCUT2D eigenvalue weighted by Crippen LogP contribution is 2.21. The summed E-state index contributed by atoms with van der Waals surface area (Å²) in [5, 5.41) is 3.83. The van der Waals surface area contributed by atoms with Gasteiger partial charge in [-0.2, -0.15) is 11.3 Å². The molecule has 0 spiro atoms. The number of hydrogen-bond acceptors (Lipinski definition) is 4. The molecule has 0 saturated carbocycles. The van der Waals surface area contributed by atoms with Crippen LogP contribution in [-0.4, -0.2) is 8.42 Å². The number of thiophene rings is 1. The van der Waals surface area contributed by atoms with Gasteiger partial charge in [0, 0.05) is 12.2 Å². The average molecular weight is 296 g/mol. The Morgan fingerprint density at radius 2 is 2.05 bits per heavy atom. The summed E-state index contributed by atoms with van der Waals surface area (Å²) in [5.41, 5.74) is 9.05. The van der Waals surface area contributed by atoms with E-state index >= 15 is 0 Å². The van der Waals surface area contributed by atoms with E-state index in [1.54, 1.807) is 6.07 Å². The van der Waals surface area contributed by atoms with Gasteiger partial charge in [0.15, 0.2) is 0 Å². The van der Waals surface area contributed by atoms with Crippen LogP contribution in [0.4, 0.5) is 5.69 Å². The zero-order chi connectivity index (χ0) is 14.0. The first-order valence-corrected chi connectivity index (χ1v) is 8.20. The highest BCUT2D eigenvalue weighted by Gasteiger charge is 2.16. The molecular weight excluding hydrogens is 280 g/mol. The number of rotatable bonds is 4. The van der Waals surface area contributed by atoms with Crippen LogP contribution in [0, 0.1) is 13.8 Å². The van der Waals surface area contributed by atoms with E-state index < -0.39 is 10.0 Å². The molecule has 3 N–H and O–H groups in total. The maximum absolute atomic E-state index is 12.2. The molecule has 6 heteroatoms. The van der Waals surface area contributed by atoms with Crippen molar-refractivity contribution >= 4 is 27.0 Å². The highest BCUT2D eigenvalue weighted by molar-refractivity contribution is 7.89. The van der Waals surface area contributed by atoms with E-state index in [2.05, 4.69) is 4.72 Å². The van der Waals surface area contributed by atoms with Crippen LogP contribution in [0.5, 0.6) is 0 Å². The molecule has 0 bridgehead atoms. The van der Waals surface area contributed by atoms with Crippen molar-refractivity contribution in [2.24, 2.45) is 0 Å². The van der Waals surface area contributed by atoms with Crippen LogP contribution in [0.3, 0.4) is 0 Å². The molecule has 0 saturated heterocycles. The Balaban J connectivity index is 2.24. The van der Waals surface area contributed by atoms with Crippen LogP contribution in [0.15, 0.2) is 33.9 Å². The van der Waals surface area contributed by atoms with Crippen LogP contribution in [-0.2, 0) is 16.6 Å². The third-order valence-corrected chi connectivity index (χ3v) is 5.15. The van der Waals surface area contributed by atoms with Crippen LogP contribution in [0.2, 0.25) is 0 Å². The second kappa shape index (κ2) is 5.32. The number of nitrogen functional groups attached to an aromatic ring is 1. The minimum atomic E-state index is -3.52. The predicted molar refractivity (Wildman–Crippen MR) is 78.7 cm³/mol. The number of nitrogens with one attached hydrogen (secondary N) is 1. The Morgan fingerprint density at radius 1 is 1.32 bits per heavy atom. The maximum atomic E-state index is 12.2. The van der Waals surface area contributed by atoms with Gasteiger partial charge in [-0.3, -0.25) is 0 Å². The molecule has 19 heavy (non-hydrogen) atoms. The van der Waals surface area contributed by atoms with E-state index in [1.165, 1.54) is 17.4 Å². The maximum Gasteiger partial charge on any atom is 0.240 e. The summed E-state index contributed by atoms with van der Waals surface area (Å²) in [5.74, 6) is 0. The first-order chi connectivity index (χ1) is 8.90. The van der Waals surface area contributed by atoms with E-state index in [0.717, 1.165) is 16.7 Å². The molecule has 102 valence electrons. The van der Waals surface area contributed by atoms with Gasteiger partial charge in [-0.1, -0.05) is 0 Å². The molecule has 0 aliphatic carbocycles. The van der Waals surface area contributed by atoms with Crippen molar-refractivity contribution in [3.05, 3.63) is 45.6 Å². The van der Waals surface area contributed by atoms with Crippen molar-refractivity contribution in [1.29, 1.82) is 0 Å². The van der Waals surface area contributed by atoms with Gasteiger partial charge in [0.2, 0.25) is 10.0 Å². The first-order valence-electron chi connectivity index (χ1n) is 5.77. The lowest BCUT2D eigenvalue weighted by atomic mass is 10.1. The van der Waals surface area contributed by atoms with Gasteiger partial charge in [0.1, 0.15) is 0 Å². The summed E-state index contributed by atoms with van der Waals surface area (Å²) in [7, 11) is -3.52. The molecule has 0 unspecified atom stereocenters. The molecule has 1 aromatic heterocycles. The third-order valence-electron chi connectivity index (χ3n) is 3.04. The van der Waals surface area contributed by atoms with E-state index in [9.17, 15) is 8.42 Å². The fourth-order valence-electron chi connectivity index (χ4n) is 1.66. The number of anilines is 1. The Labute approximate surface area is 117 Å². The van der Waals surface area contributed by atoms with Crippen LogP contribution >= 0.6 is 11.3 Å². The van der Waals surface area contributed by atoms with Crippen molar-refractivity contribution in [2.75, 3.05) is 5.73 Å². The van der Waals surface area contributed by atoms with Crippen molar-refractivity contribution < 1.29 is 8.42 Å². The molecule has 0 aliphatic rings. The molecule has 0 aliphatic heterocycles. The van der Waals surface area contributed by atoms with E-state index in [4.69, 9.17) is 5.73 Å². The number of sulfonamides is 1. The predicted octanol–water partition coefficient (Wildman–Crippen LogP) is 2.43. The topological polar surface area (TPSA) is 72.2 Å². The summed E-state index contributed by atoms with van der Waals surface area (Å²) in [6.45, 7) is 4.02. The molecule has 4 nitrogen and oxygen atoms in total. The molecule has 1 heterocycles. The van der Waals surface area contributed by atoms with Crippen LogP contribution in [0.25, 0.3) is 0 Å². The lowest BCUT2D eigenvalue weighted by Gasteiger charge is -2.10. The fraction of sp³-hybridized carbons (Fsp3) is 0.231. The molecular formula is C13H16N2O2S2. The minimum absolute atomic E-state index is 0.211. The van der Waals surface area contributed by atoms with Crippen molar-refractivity contribution in [1.82, 2.24) is 4.72 Å². The van der Waals surface area contributed by atoms with Crippen LogP contribution in [0.1, 0.15) is 16.7 Å². The molecule has 0 amide bonds. The molecule has 0 fully saturated rings. The number of aryl methyl sites for hydroxylation is 1. The Hall–Kier alpha value is -1.37. The number of benzene rings is 1. The summed E-state index contributed by atoms with van der Waals surface area (Å²) in [6.07, 6.45) is 0. The summed E-state index contributed by atoms with van der Waals surface area (Å²) in [4.78, 5) is 0.211. The van der Waals surface area contributed by atoms with Gasteiger partial charge in [-0.05, 0) is 59.5 Å². The third kappa shape index (κ3) is 3.15. The highest BCUT2D eigenvalue weighted by atomic mass is 32.2. The first kappa shape index (κ1) is 14.0.